The van der Waals surface area contributed by atoms with E-state index in [4.69, 9.17) is 21.1 Å². The summed E-state index contributed by atoms with van der Waals surface area (Å²) >= 11 is 6.06. The molecular weight excluding hydrogens is 608 g/mol. The first-order chi connectivity index (χ1) is 20.7. The molecule has 1 atom stereocenters. The highest BCUT2D eigenvalue weighted by Crippen LogP contribution is 2.24. The number of hydrogen-bond acceptors (Lipinski definition) is 8. The zero-order chi connectivity index (χ0) is 32.5. The van der Waals surface area contributed by atoms with E-state index in [1.807, 2.05) is 0 Å². The van der Waals surface area contributed by atoms with Crippen molar-refractivity contribution in [1.82, 2.24) is 10.2 Å². The summed E-state index contributed by atoms with van der Waals surface area (Å²) in [5.74, 6) is -1.21. The summed E-state index contributed by atoms with van der Waals surface area (Å²) < 4.78 is 37.0. The van der Waals surface area contributed by atoms with Gasteiger partial charge in [0.1, 0.15) is 12.1 Å². The Morgan fingerprint density at radius 2 is 1.66 bits per heavy atom. The number of carbonyl (C=O) groups is 3. The minimum Gasteiger partial charge on any atom is -0.465 e. The monoisotopic (exact) mass is 644 g/mol. The average molecular weight is 645 g/mol. The van der Waals surface area contributed by atoms with Crippen LogP contribution in [-0.2, 0) is 30.5 Å². The Bertz CT molecular complexity index is 1570. The van der Waals surface area contributed by atoms with E-state index in [0.29, 0.717) is 17.0 Å². The van der Waals surface area contributed by atoms with Gasteiger partial charge in [-0.2, -0.15) is 0 Å². The SMILES string of the molecule is CCOC(=O)CNC(=O)c1cccc(S(=O)(=O)c2ccc(CCN(CC(O)c3cccc(Cl)c3)C(=O)OC(C)(C)C)cc2)c1. The molecule has 0 saturated carbocycles. The van der Waals surface area contributed by atoms with Crippen LogP contribution in [0.25, 0.3) is 0 Å². The minimum absolute atomic E-state index is 0.0192. The van der Waals surface area contributed by atoms with Crippen LogP contribution < -0.4 is 5.32 Å². The third kappa shape index (κ3) is 10.1. The molecule has 0 bridgehead atoms. The van der Waals surface area contributed by atoms with Gasteiger partial charge in [0.25, 0.3) is 5.91 Å². The van der Waals surface area contributed by atoms with Crippen LogP contribution in [0.5, 0.6) is 0 Å². The van der Waals surface area contributed by atoms with Crippen LogP contribution in [0.15, 0.2) is 82.6 Å². The molecule has 44 heavy (non-hydrogen) atoms. The highest BCUT2D eigenvalue weighted by atomic mass is 35.5. The lowest BCUT2D eigenvalue weighted by molar-refractivity contribution is -0.141. The second-order valence-corrected chi connectivity index (χ2v) is 13.3. The van der Waals surface area contributed by atoms with Crippen molar-refractivity contribution >= 4 is 39.4 Å². The topological polar surface area (TPSA) is 139 Å². The number of sulfone groups is 1. The summed E-state index contributed by atoms with van der Waals surface area (Å²) in [7, 11) is -3.97. The summed E-state index contributed by atoms with van der Waals surface area (Å²) in [5, 5.41) is 13.7. The molecule has 0 spiro atoms. The Kier molecular flexibility index (Phi) is 11.9. The molecule has 0 fully saturated rings. The van der Waals surface area contributed by atoms with Gasteiger partial charge in [0.2, 0.25) is 9.84 Å². The van der Waals surface area contributed by atoms with Gasteiger partial charge >= 0.3 is 12.1 Å². The van der Waals surface area contributed by atoms with Gasteiger partial charge in [-0.25, -0.2) is 13.2 Å². The number of hydrogen-bond donors (Lipinski definition) is 2. The maximum Gasteiger partial charge on any atom is 0.410 e. The van der Waals surface area contributed by atoms with Crippen LogP contribution in [0, 0.1) is 0 Å². The smallest absolute Gasteiger partial charge is 0.410 e. The van der Waals surface area contributed by atoms with Crippen LogP contribution in [0.2, 0.25) is 5.02 Å². The van der Waals surface area contributed by atoms with E-state index in [1.165, 1.54) is 41.3 Å². The third-order valence-electron chi connectivity index (χ3n) is 6.29. The second-order valence-electron chi connectivity index (χ2n) is 10.9. The molecule has 12 heteroatoms. The van der Waals surface area contributed by atoms with Gasteiger partial charge in [-0.3, -0.25) is 9.59 Å². The predicted molar refractivity (Wildman–Crippen MR) is 165 cm³/mol. The normalized spacial score (nSPS) is 12.2. The molecule has 1 unspecified atom stereocenters. The molecule has 0 aliphatic heterocycles. The molecule has 0 aliphatic carbocycles. The number of ether oxygens (including phenoxy) is 2. The van der Waals surface area contributed by atoms with Gasteiger partial charge in [-0.05, 0) is 87.7 Å². The van der Waals surface area contributed by atoms with Crippen LogP contribution in [0.3, 0.4) is 0 Å². The molecule has 3 rings (SSSR count). The molecule has 0 aliphatic rings. The summed E-state index contributed by atoms with van der Waals surface area (Å²) in [6.45, 7) is 6.90. The molecule has 236 valence electrons. The number of benzene rings is 3. The summed E-state index contributed by atoms with van der Waals surface area (Å²) in [6, 6.07) is 18.5. The van der Waals surface area contributed by atoms with E-state index in [1.54, 1.807) is 64.1 Å². The quantitative estimate of drug-likeness (QED) is 0.263. The molecule has 3 aromatic carbocycles. The number of aliphatic hydroxyl groups is 1. The van der Waals surface area contributed by atoms with Crippen molar-refractivity contribution in [3.63, 3.8) is 0 Å². The first-order valence-electron chi connectivity index (χ1n) is 14.0. The Morgan fingerprint density at radius 1 is 0.977 bits per heavy atom. The second kappa shape index (κ2) is 15.2. The lowest BCUT2D eigenvalue weighted by Crippen LogP contribution is -2.40. The van der Waals surface area contributed by atoms with E-state index in [2.05, 4.69) is 5.32 Å². The van der Waals surface area contributed by atoms with Gasteiger partial charge in [0, 0.05) is 17.1 Å². The zero-order valence-electron chi connectivity index (χ0n) is 25.1. The number of esters is 1. The average Bonchev–Trinajstić information content (AvgIpc) is 2.97. The number of aliphatic hydroxyl groups excluding tert-OH is 1. The third-order valence-corrected chi connectivity index (χ3v) is 8.29. The van der Waals surface area contributed by atoms with Crippen molar-refractivity contribution in [3.05, 3.63) is 94.5 Å². The van der Waals surface area contributed by atoms with Crippen LogP contribution in [0.1, 0.15) is 55.3 Å². The minimum atomic E-state index is -3.97. The van der Waals surface area contributed by atoms with E-state index < -0.39 is 39.5 Å². The molecule has 2 amide bonds. The lowest BCUT2D eigenvalue weighted by atomic mass is 10.1. The maximum absolute atomic E-state index is 13.3. The zero-order valence-corrected chi connectivity index (χ0v) is 26.7. The van der Waals surface area contributed by atoms with Crippen LogP contribution >= 0.6 is 11.6 Å². The van der Waals surface area contributed by atoms with Crippen molar-refractivity contribution in [3.8, 4) is 0 Å². The number of rotatable bonds is 12. The number of nitrogens with one attached hydrogen (secondary N) is 1. The fourth-order valence-corrected chi connectivity index (χ4v) is 5.62. The van der Waals surface area contributed by atoms with Crippen molar-refractivity contribution < 1.29 is 37.4 Å². The van der Waals surface area contributed by atoms with Crippen LogP contribution in [-0.4, -0.2) is 68.2 Å². The number of carbonyl (C=O) groups excluding carboxylic acids is 3. The first kappa shape index (κ1) is 34.6. The molecule has 10 nitrogen and oxygen atoms in total. The van der Waals surface area contributed by atoms with Gasteiger partial charge in [-0.15, -0.1) is 0 Å². The van der Waals surface area contributed by atoms with Gasteiger partial charge in [-0.1, -0.05) is 41.9 Å². The number of amides is 2. The van der Waals surface area contributed by atoms with E-state index in [-0.39, 0.29) is 41.6 Å². The number of halogens is 1. The summed E-state index contributed by atoms with van der Waals surface area (Å²) in [4.78, 5) is 38.3. The lowest BCUT2D eigenvalue weighted by Gasteiger charge is -2.29. The maximum atomic E-state index is 13.3. The van der Waals surface area contributed by atoms with E-state index in [0.717, 1.165) is 5.56 Å². The predicted octanol–water partition coefficient (Wildman–Crippen LogP) is 4.98. The molecule has 2 N–H and O–H groups in total. The largest absolute Gasteiger partial charge is 0.465 e. The fourth-order valence-electron chi connectivity index (χ4n) is 4.12. The Morgan fingerprint density at radius 3 is 2.30 bits per heavy atom. The molecule has 0 heterocycles. The summed E-state index contributed by atoms with van der Waals surface area (Å²) in [6.07, 6.45) is -1.24. The summed E-state index contributed by atoms with van der Waals surface area (Å²) in [5.41, 5.74) is 0.641. The first-order valence-corrected chi connectivity index (χ1v) is 15.8. The molecule has 3 aromatic rings. The van der Waals surface area contributed by atoms with E-state index >= 15 is 0 Å². The molecular formula is C32H37ClN2O8S. The molecule has 0 saturated heterocycles. The van der Waals surface area contributed by atoms with Crippen molar-refractivity contribution in [1.29, 1.82) is 0 Å². The standard InChI is InChI=1S/C32H37ClN2O8S/c1-5-42-29(37)20-34-30(38)24-9-7-11-27(19-24)44(40,41)26-14-12-22(13-15-26)16-17-35(31(39)43-32(2,3)4)21-28(36)23-8-6-10-25(33)18-23/h6-15,18-19,28,36H,5,16-17,20-21H2,1-4H3,(H,34,38). The van der Waals surface area contributed by atoms with Crippen molar-refractivity contribution in [2.24, 2.45) is 0 Å². The fraction of sp³-hybridized carbons (Fsp3) is 0.344. The molecule has 0 radical (unpaired) electrons. The van der Waals surface area contributed by atoms with Crippen LogP contribution in [0.4, 0.5) is 4.79 Å². The highest BCUT2D eigenvalue weighted by molar-refractivity contribution is 7.91. The van der Waals surface area contributed by atoms with Gasteiger partial charge in [0.05, 0.1) is 29.0 Å². The van der Waals surface area contributed by atoms with Crippen molar-refractivity contribution in [2.75, 3.05) is 26.2 Å². The number of nitrogens with zero attached hydrogens (tertiary/aromatic N) is 1. The Balaban J connectivity index is 1.72. The van der Waals surface area contributed by atoms with E-state index in [9.17, 15) is 27.9 Å². The highest BCUT2D eigenvalue weighted by Gasteiger charge is 2.25. The Labute approximate surface area is 262 Å². The van der Waals surface area contributed by atoms with Gasteiger partial charge < -0.3 is 24.8 Å². The van der Waals surface area contributed by atoms with Crippen molar-refractivity contribution in [2.45, 2.75) is 55.6 Å². The molecule has 0 aromatic heterocycles. The Hall–Kier alpha value is -3.93. The van der Waals surface area contributed by atoms with Gasteiger partial charge in [0.15, 0.2) is 0 Å².